The van der Waals surface area contributed by atoms with Gasteiger partial charge in [0.15, 0.2) is 5.82 Å². The third-order valence-electron chi connectivity index (χ3n) is 4.96. The molecule has 1 atom stereocenters. The van der Waals surface area contributed by atoms with Crippen LogP contribution in [0.2, 0.25) is 0 Å². The Morgan fingerprint density at radius 2 is 1.82 bits per heavy atom. The molecule has 1 unspecified atom stereocenters. The average molecular weight is 400 g/mol. The highest BCUT2D eigenvalue weighted by molar-refractivity contribution is 7.88. The number of hydrogen-bond donors (Lipinski definition) is 1. The minimum Gasteiger partial charge on any atom is -0.261 e. The van der Waals surface area contributed by atoms with Crippen molar-refractivity contribution < 1.29 is 12.8 Å². The Hall–Kier alpha value is -2.58. The van der Waals surface area contributed by atoms with E-state index in [9.17, 15) is 12.8 Å². The molecular formula is C20H21FN4O2S. The van der Waals surface area contributed by atoms with Gasteiger partial charge in [0.25, 0.3) is 0 Å². The molecule has 0 saturated carbocycles. The molecule has 8 heteroatoms. The second kappa shape index (κ2) is 7.81. The van der Waals surface area contributed by atoms with Crippen LogP contribution in [0.3, 0.4) is 0 Å². The largest absolute Gasteiger partial charge is 0.261 e. The zero-order valence-electron chi connectivity index (χ0n) is 15.3. The molecule has 1 saturated heterocycles. The van der Waals surface area contributed by atoms with E-state index in [-0.39, 0.29) is 11.3 Å². The van der Waals surface area contributed by atoms with Crippen molar-refractivity contribution in [2.75, 3.05) is 6.54 Å². The summed E-state index contributed by atoms with van der Waals surface area (Å²) < 4.78 is 41.6. The van der Waals surface area contributed by atoms with Crippen LogP contribution in [0.15, 0.2) is 54.6 Å². The van der Waals surface area contributed by atoms with Crippen molar-refractivity contribution in [1.82, 2.24) is 19.5 Å². The van der Waals surface area contributed by atoms with Crippen LogP contribution in [-0.4, -0.2) is 34.4 Å². The van der Waals surface area contributed by atoms with Crippen LogP contribution in [0.4, 0.5) is 4.39 Å². The predicted molar refractivity (Wildman–Crippen MR) is 104 cm³/mol. The van der Waals surface area contributed by atoms with Crippen LogP contribution in [0.5, 0.6) is 0 Å². The number of H-pyrrole nitrogens is 1. The number of hydrogen-bond acceptors (Lipinski definition) is 4. The molecule has 1 aliphatic rings. The highest BCUT2D eigenvalue weighted by Gasteiger charge is 2.35. The Labute approximate surface area is 163 Å². The van der Waals surface area contributed by atoms with Crippen molar-refractivity contribution >= 4 is 10.0 Å². The molecular weight excluding hydrogens is 379 g/mol. The van der Waals surface area contributed by atoms with Gasteiger partial charge < -0.3 is 0 Å². The summed E-state index contributed by atoms with van der Waals surface area (Å²) in [7, 11) is -3.71. The van der Waals surface area contributed by atoms with E-state index < -0.39 is 21.9 Å². The fourth-order valence-electron chi connectivity index (χ4n) is 3.55. The first-order valence-electron chi connectivity index (χ1n) is 9.25. The Balaban J connectivity index is 1.61. The molecule has 1 fully saturated rings. The molecule has 0 aliphatic carbocycles. The van der Waals surface area contributed by atoms with Gasteiger partial charge in [0.05, 0.1) is 11.8 Å². The van der Waals surface area contributed by atoms with Gasteiger partial charge in [0, 0.05) is 17.7 Å². The van der Waals surface area contributed by atoms with Gasteiger partial charge in [-0.3, -0.25) is 5.10 Å². The predicted octanol–water partition coefficient (Wildman–Crippen LogP) is 3.67. The lowest BCUT2D eigenvalue weighted by Gasteiger charge is -2.33. The molecule has 0 bridgehead atoms. The van der Waals surface area contributed by atoms with Crippen molar-refractivity contribution in [3.8, 4) is 11.4 Å². The van der Waals surface area contributed by atoms with Gasteiger partial charge in [-0.25, -0.2) is 17.8 Å². The number of aromatic nitrogens is 3. The van der Waals surface area contributed by atoms with Crippen molar-refractivity contribution in [1.29, 1.82) is 0 Å². The Morgan fingerprint density at radius 3 is 2.61 bits per heavy atom. The van der Waals surface area contributed by atoms with Gasteiger partial charge in [-0.2, -0.15) is 9.40 Å². The zero-order chi connectivity index (χ0) is 19.6. The topological polar surface area (TPSA) is 79.0 Å². The van der Waals surface area contributed by atoms with Crippen LogP contribution in [0, 0.1) is 5.82 Å². The first kappa shape index (κ1) is 18.8. The summed E-state index contributed by atoms with van der Waals surface area (Å²) in [5.74, 6) is 0.185. The third kappa shape index (κ3) is 3.83. The Morgan fingerprint density at radius 1 is 1.07 bits per heavy atom. The normalized spacial score (nSPS) is 18.2. The fourth-order valence-corrected chi connectivity index (χ4v) is 5.34. The summed E-state index contributed by atoms with van der Waals surface area (Å²) in [4.78, 5) is 4.55. The maximum atomic E-state index is 14.0. The molecule has 28 heavy (non-hydrogen) atoms. The molecule has 0 amide bonds. The second-order valence-corrected chi connectivity index (χ2v) is 8.80. The Bertz CT molecular complexity index is 1050. The third-order valence-corrected chi connectivity index (χ3v) is 6.78. The minimum atomic E-state index is -3.71. The fraction of sp³-hybridized carbons (Fsp3) is 0.300. The summed E-state index contributed by atoms with van der Waals surface area (Å²) in [5.41, 5.74) is 1.04. The van der Waals surface area contributed by atoms with Gasteiger partial charge in [-0.05, 0) is 18.9 Å². The lowest BCUT2D eigenvalue weighted by atomic mass is 10.0. The number of aromatic amines is 1. The highest BCUT2D eigenvalue weighted by atomic mass is 32.2. The first-order valence-corrected chi connectivity index (χ1v) is 10.9. The van der Waals surface area contributed by atoms with E-state index >= 15 is 0 Å². The monoisotopic (exact) mass is 400 g/mol. The molecule has 2 aromatic carbocycles. The van der Waals surface area contributed by atoms with Crippen LogP contribution in [0.1, 0.15) is 36.7 Å². The van der Waals surface area contributed by atoms with E-state index in [1.165, 1.54) is 16.4 Å². The van der Waals surface area contributed by atoms with Gasteiger partial charge in [-0.1, -0.05) is 55.0 Å². The Kier molecular flexibility index (Phi) is 5.23. The van der Waals surface area contributed by atoms with Gasteiger partial charge in [0.1, 0.15) is 11.6 Å². The molecule has 2 heterocycles. The quantitative estimate of drug-likeness (QED) is 0.709. The minimum absolute atomic E-state index is 0.175. The number of benzene rings is 2. The zero-order valence-corrected chi connectivity index (χ0v) is 16.1. The van der Waals surface area contributed by atoms with E-state index in [0.717, 1.165) is 18.4 Å². The summed E-state index contributed by atoms with van der Waals surface area (Å²) in [5, 5.41) is 7.17. The summed E-state index contributed by atoms with van der Waals surface area (Å²) in [6.07, 6.45) is 2.32. The van der Waals surface area contributed by atoms with Crippen molar-refractivity contribution in [3.05, 3.63) is 71.8 Å². The average Bonchev–Trinajstić information content (AvgIpc) is 3.20. The number of nitrogens with zero attached hydrogens (tertiary/aromatic N) is 3. The molecule has 146 valence electrons. The number of piperidine rings is 1. The lowest BCUT2D eigenvalue weighted by molar-refractivity contribution is 0.246. The van der Waals surface area contributed by atoms with Gasteiger partial charge in [-0.15, -0.1) is 0 Å². The first-order chi connectivity index (χ1) is 13.5. The molecule has 0 spiro atoms. The molecule has 6 nitrogen and oxygen atoms in total. The van der Waals surface area contributed by atoms with Crippen LogP contribution >= 0.6 is 0 Å². The summed E-state index contributed by atoms with van der Waals surface area (Å²) in [6.45, 7) is 0.392. The molecule has 1 N–H and O–H groups in total. The molecule has 4 rings (SSSR count). The summed E-state index contributed by atoms with van der Waals surface area (Å²) >= 11 is 0. The van der Waals surface area contributed by atoms with Crippen LogP contribution in [0.25, 0.3) is 11.4 Å². The lowest BCUT2D eigenvalue weighted by Crippen LogP contribution is -2.39. The maximum Gasteiger partial charge on any atom is 0.219 e. The molecule has 1 aromatic heterocycles. The highest BCUT2D eigenvalue weighted by Crippen LogP contribution is 2.33. The van der Waals surface area contributed by atoms with Crippen molar-refractivity contribution in [2.45, 2.75) is 31.1 Å². The van der Waals surface area contributed by atoms with Crippen LogP contribution < -0.4 is 0 Å². The van der Waals surface area contributed by atoms with E-state index in [1.807, 2.05) is 30.3 Å². The van der Waals surface area contributed by atoms with Gasteiger partial charge in [0.2, 0.25) is 10.0 Å². The smallest absolute Gasteiger partial charge is 0.219 e. The van der Waals surface area contributed by atoms with Crippen molar-refractivity contribution in [2.24, 2.45) is 0 Å². The molecule has 0 radical (unpaired) electrons. The SMILES string of the molecule is O=S(=O)(Cc1ccccc1F)N1CCCCC1c1nc(-c2ccccc2)n[nH]1. The van der Waals surface area contributed by atoms with E-state index in [0.29, 0.717) is 24.6 Å². The maximum absolute atomic E-state index is 14.0. The summed E-state index contributed by atoms with van der Waals surface area (Å²) in [6, 6.07) is 15.1. The number of sulfonamides is 1. The number of nitrogens with one attached hydrogen (secondary N) is 1. The molecule has 1 aliphatic heterocycles. The number of halogens is 1. The molecule has 3 aromatic rings. The number of rotatable bonds is 5. The van der Waals surface area contributed by atoms with E-state index in [1.54, 1.807) is 12.1 Å². The van der Waals surface area contributed by atoms with E-state index in [2.05, 4.69) is 15.2 Å². The van der Waals surface area contributed by atoms with Gasteiger partial charge >= 0.3 is 0 Å². The second-order valence-electron chi connectivity index (χ2n) is 6.88. The van der Waals surface area contributed by atoms with Crippen LogP contribution in [-0.2, 0) is 15.8 Å². The standard InChI is InChI=1S/C20H21FN4O2S/c21-17-11-5-4-10-16(17)14-28(26,27)25-13-7-6-12-18(25)20-22-19(23-24-20)15-8-2-1-3-9-15/h1-5,8-11,18H,6-7,12-14H2,(H,22,23,24). The van der Waals surface area contributed by atoms with E-state index in [4.69, 9.17) is 0 Å². The van der Waals surface area contributed by atoms with Crippen molar-refractivity contribution in [3.63, 3.8) is 0 Å².